The molecule has 2 aromatic rings. The van der Waals surface area contributed by atoms with Crippen LogP contribution in [0.5, 0.6) is 0 Å². The van der Waals surface area contributed by atoms with E-state index in [1.165, 1.54) is 49.2 Å². The lowest BCUT2D eigenvalue weighted by molar-refractivity contribution is -0.126. The minimum absolute atomic E-state index is 0.105. The van der Waals surface area contributed by atoms with Gasteiger partial charge in [-0.1, -0.05) is 36.2 Å². The molecule has 3 fully saturated rings. The van der Waals surface area contributed by atoms with Crippen molar-refractivity contribution in [3.8, 4) is 0 Å². The molecule has 6 nitrogen and oxygen atoms in total. The number of aryl methyl sites for hydroxylation is 1. The van der Waals surface area contributed by atoms with Gasteiger partial charge in [0.05, 0.1) is 0 Å². The van der Waals surface area contributed by atoms with Gasteiger partial charge >= 0.3 is 0 Å². The van der Waals surface area contributed by atoms with Gasteiger partial charge in [-0.05, 0) is 101 Å². The fraction of sp³-hybridized carbons (Fsp3) is 0.531. The third kappa shape index (κ3) is 5.70. The van der Waals surface area contributed by atoms with E-state index in [0.717, 1.165) is 56.5 Å². The molecule has 2 aliphatic heterocycles. The lowest BCUT2D eigenvalue weighted by atomic mass is 9.84. The average molecular weight is 513 g/mol. The maximum atomic E-state index is 13.2. The van der Waals surface area contributed by atoms with Gasteiger partial charge in [-0.15, -0.1) is 0 Å². The highest BCUT2D eigenvalue weighted by atomic mass is 16.2. The number of fused-ring (bicyclic) bond motifs is 1. The maximum Gasteiger partial charge on any atom is 0.278 e. The third-order valence-corrected chi connectivity index (χ3v) is 8.78. The monoisotopic (exact) mass is 512 g/mol. The van der Waals surface area contributed by atoms with Crippen molar-refractivity contribution in [1.82, 2.24) is 10.2 Å². The number of anilines is 1. The number of piperidine rings is 1. The van der Waals surface area contributed by atoms with Crippen molar-refractivity contribution in [2.45, 2.75) is 89.8 Å². The van der Waals surface area contributed by atoms with E-state index in [0.29, 0.717) is 18.0 Å². The maximum absolute atomic E-state index is 13.2. The molecule has 2 aliphatic carbocycles. The Morgan fingerprint density at radius 1 is 0.921 bits per heavy atom. The number of rotatable bonds is 6. The van der Waals surface area contributed by atoms with Crippen molar-refractivity contribution in [2.24, 2.45) is 10.9 Å². The molecule has 2 saturated carbocycles. The van der Waals surface area contributed by atoms with E-state index in [9.17, 15) is 9.59 Å². The number of nitrogens with one attached hydrogen (secondary N) is 1. The molecule has 0 bridgehead atoms. The van der Waals surface area contributed by atoms with Crippen LogP contribution in [0.25, 0.3) is 0 Å². The average Bonchev–Trinajstić information content (AvgIpc) is 3.68. The summed E-state index contributed by atoms with van der Waals surface area (Å²) in [6, 6.07) is 15.2. The zero-order chi connectivity index (χ0) is 26.1. The molecule has 0 atom stereocenters. The Bertz CT molecular complexity index is 1200. The number of amidine groups is 1. The van der Waals surface area contributed by atoms with Crippen LogP contribution in [0.15, 0.2) is 47.5 Å². The van der Waals surface area contributed by atoms with Crippen molar-refractivity contribution < 1.29 is 9.59 Å². The minimum atomic E-state index is -0.177. The summed E-state index contributed by atoms with van der Waals surface area (Å²) in [7, 11) is 0. The Morgan fingerprint density at radius 3 is 2.37 bits per heavy atom. The molecule has 0 unspecified atom stereocenters. The van der Waals surface area contributed by atoms with E-state index >= 15 is 0 Å². The van der Waals surface area contributed by atoms with Gasteiger partial charge in [0.2, 0.25) is 5.91 Å². The summed E-state index contributed by atoms with van der Waals surface area (Å²) in [5.74, 6) is 1.02. The van der Waals surface area contributed by atoms with E-state index in [1.54, 1.807) is 0 Å². The third-order valence-electron chi connectivity index (χ3n) is 8.78. The first-order chi connectivity index (χ1) is 18.5. The van der Waals surface area contributed by atoms with E-state index in [-0.39, 0.29) is 23.8 Å². The summed E-state index contributed by atoms with van der Waals surface area (Å²) in [6.45, 7) is 5.35. The molecule has 2 amide bonds. The van der Waals surface area contributed by atoms with Gasteiger partial charge < -0.3 is 10.2 Å². The van der Waals surface area contributed by atoms with Crippen LogP contribution in [0.3, 0.4) is 0 Å². The number of amides is 2. The van der Waals surface area contributed by atoms with Crippen LogP contribution in [-0.4, -0.2) is 47.7 Å². The number of aliphatic imine (C=N–C) groups is 1. The standard InChI is InChI=1S/C32H40N4O2/c1-22-5-8-24(9-6-22)32(38)34-30-20-26-10-7-23(21-35-17-3-2-4-18-35)19-29(26)36(30)28-15-11-25(12-16-28)31(37)33-27-13-14-27/h5-10,19,25,27-28H,2-4,11-18,20-21H2,1H3,(H,33,37). The predicted octanol–water partition coefficient (Wildman–Crippen LogP) is 5.42. The zero-order valence-electron chi connectivity index (χ0n) is 22.6. The van der Waals surface area contributed by atoms with Crippen LogP contribution >= 0.6 is 0 Å². The Hall–Kier alpha value is -2.99. The Kier molecular flexibility index (Phi) is 7.33. The minimum Gasteiger partial charge on any atom is -0.353 e. The number of carbonyl (C=O) groups excluding carboxylic acids is 2. The highest BCUT2D eigenvalue weighted by Gasteiger charge is 2.37. The van der Waals surface area contributed by atoms with E-state index in [1.807, 2.05) is 31.2 Å². The van der Waals surface area contributed by atoms with Crippen LogP contribution < -0.4 is 10.2 Å². The molecule has 200 valence electrons. The summed E-state index contributed by atoms with van der Waals surface area (Å²) in [5.41, 5.74) is 5.55. The van der Waals surface area contributed by atoms with E-state index < -0.39 is 0 Å². The number of likely N-dealkylation sites (tertiary alicyclic amines) is 1. The van der Waals surface area contributed by atoms with Crippen LogP contribution in [0, 0.1) is 12.8 Å². The molecule has 1 N–H and O–H groups in total. The number of benzene rings is 2. The number of nitrogens with zero attached hydrogens (tertiary/aromatic N) is 3. The van der Waals surface area contributed by atoms with Gasteiger partial charge in [-0.2, -0.15) is 4.99 Å². The Balaban J connectivity index is 1.24. The number of hydrogen-bond donors (Lipinski definition) is 1. The second-order valence-electron chi connectivity index (χ2n) is 11.8. The molecule has 0 aromatic heterocycles. The van der Waals surface area contributed by atoms with Gasteiger partial charge in [-0.25, -0.2) is 0 Å². The summed E-state index contributed by atoms with van der Waals surface area (Å²) in [4.78, 5) is 35.5. The predicted molar refractivity (Wildman–Crippen MR) is 152 cm³/mol. The molecule has 0 radical (unpaired) electrons. The van der Waals surface area contributed by atoms with Crippen molar-refractivity contribution in [1.29, 1.82) is 0 Å². The fourth-order valence-corrected chi connectivity index (χ4v) is 6.37. The first-order valence-corrected chi connectivity index (χ1v) is 14.7. The zero-order valence-corrected chi connectivity index (χ0v) is 22.6. The van der Waals surface area contributed by atoms with Gasteiger partial charge in [0.25, 0.3) is 5.91 Å². The molecule has 38 heavy (non-hydrogen) atoms. The molecule has 6 rings (SSSR count). The second kappa shape index (κ2) is 11.0. The van der Waals surface area contributed by atoms with Crippen molar-refractivity contribution in [2.75, 3.05) is 18.0 Å². The summed E-state index contributed by atoms with van der Waals surface area (Å²) in [5, 5.41) is 3.20. The molecule has 4 aliphatic rings. The largest absolute Gasteiger partial charge is 0.353 e. The van der Waals surface area contributed by atoms with Crippen LogP contribution in [0.4, 0.5) is 5.69 Å². The molecule has 2 heterocycles. The molecular formula is C32H40N4O2. The van der Waals surface area contributed by atoms with Crippen molar-refractivity contribution >= 4 is 23.3 Å². The van der Waals surface area contributed by atoms with Crippen LogP contribution in [-0.2, 0) is 17.8 Å². The van der Waals surface area contributed by atoms with E-state index in [2.05, 4.69) is 33.3 Å². The van der Waals surface area contributed by atoms with Gasteiger partial charge in [0.1, 0.15) is 5.84 Å². The number of carbonyl (C=O) groups is 2. The Morgan fingerprint density at radius 2 is 1.66 bits per heavy atom. The molecule has 1 saturated heterocycles. The lowest BCUT2D eigenvalue weighted by Gasteiger charge is -2.36. The molecule has 2 aromatic carbocycles. The summed E-state index contributed by atoms with van der Waals surface area (Å²) in [6.07, 6.45) is 10.5. The second-order valence-corrected chi connectivity index (χ2v) is 11.8. The highest BCUT2D eigenvalue weighted by Crippen LogP contribution is 2.38. The van der Waals surface area contributed by atoms with Gasteiger partial charge in [-0.3, -0.25) is 14.5 Å². The summed E-state index contributed by atoms with van der Waals surface area (Å²) >= 11 is 0. The SMILES string of the molecule is Cc1ccc(C(=O)N=C2Cc3ccc(CN4CCCCC4)cc3N2C2CCC(C(=O)NC3CC3)CC2)cc1. The van der Waals surface area contributed by atoms with Crippen LogP contribution in [0.1, 0.15) is 84.8 Å². The van der Waals surface area contributed by atoms with Crippen molar-refractivity contribution in [3.05, 3.63) is 64.7 Å². The molecular weight excluding hydrogens is 472 g/mol. The quantitative estimate of drug-likeness (QED) is 0.561. The first kappa shape index (κ1) is 25.3. The highest BCUT2D eigenvalue weighted by molar-refractivity contribution is 6.12. The van der Waals surface area contributed by atoms with Gasteiger partial charge in [0.15, 0.2) is 0 Å². The van der Waals surface area contributed by atoms with Crippen molar-refractivity contribution in [3.63, 3.8) is 0 Å². The Labute approximate surface area is 226 Å². The fourth-order valence-electron chi connectivity index (χ4n) is 6.37. The summed E-state index contributed by atoms with van der Waals surface area (Å²) < 4.78 is 0. The normalized spacial score (nSPS) is 24.9. The lowest BCUT2D eigenvalue weighted by Crippen LogP contribution is -2.43. The first-order valence-electron chi connectivity index (χ1n) is 14.7. The smallest absolute Gasteiger partial charge is 0.278 e. The topological polar surface area (TPSA) is 65.0 Å². The molecule has 6 heteroatoms. The van der Waals surface area contributed by atoms with Gasteiger partial charge in [0, 0.05) is 42.2 Å². The number of hydrogen-bond acceptors (Lipinski definition) is 3. The van der Waals surface area contributed by atoms with Crippen LogP contribution in [0.2, 0.25) is 0 Å². The van der Waals surface area contributed by atoms with E-state index in [4.69, 9.17) is 4.99 Å². The molecule has 0 spiro atoms.